The molecule has 3 aromatic carbocycles. The molecular formula is C33H32N8O2. The first-order chi connectivity index (χ1) is 21.2. The van der Waals surface area contributed by atoms with E-state index in [0.29, 0.717) is 36.5 Å². The average Bonchev–Trinajstić information content (AvgIpc) is 3.71. The van der Waals surface area contributed by atoms with Gasteiger partial charge in [-0.1, -0.05) is 98.1 Å². The molecule has 43 heavy (non-hydrogen) atoms. The minimum absolute atomic E-state index is 0.253. The van der Waals surface area contributed by atoms with Crippen LogP contribution in [0, 0.1) is 0 Å². The van der Waals surface area contributed by atoms with E-state index in [0.717, 1.165) is 59.3 Å². The maximum atomic E-state index is 13.9. The van der Waals surface area contributed by atoms with Gasteiger partial charge < -0.3 is 4.57 Å². The molecule has 0 amide bonds. The molecule has 1 aliphatic carbocycles. The molecule has 0 radical (unpaired) electrons. The van der Waals surface area contributed by atoms with E-state index in [4.69, 9.17) is 4.98 Å². The van der Waals surface area contributed by atoms with Gasteiger partial charge in [-0.2, -0.15) is 0 Å². The second-order valence-corrected chi connectivity index (χ2v) is 11.2. The number of aromatic nitrogens is 8. The van der Waals surface area contributed by atoms with Gasteiger partial charge in [-0.15, -0.1) is 5.10 Å². The Hall–Kier alpha value is -5.12. The van der Waals surface area contributed by atoms with Gasteiger partial charge in [0.15, 0.2) is 17.0 Å². The van der Waals surface area contributed by atoms with Crippen LogP contribution in [0.1, 0.15) is 55.0 Å². The lowest BCUT2D eigenvalue weighted by Crippen LogP contribution is -2.36. The summed E-state index contributed by atoms with van der Waals surface area (Å²) in [5.74, 6) is 1.75. The van der Waals surface area contributed by atoms with Crippen molar-refractivity contribution < 1.29 is 0 Å². The number of rotatable bonds is 8. The van der Waals surface area contributed by atoms with Gasteiger partial charge in [-0.25, -0.2) is 14.9 Å². The van der Waals surface area contributed by atoms with E-state index in [9.17, 15) is 9.59 Å². The van der Waals surface area contributed by atoms with E-state index in [1.165, 1.54) is 11.0 Å². The number of nitrogens with one attached hydrogen (secondary N) is 2. The van der Waals surface area contributed by atoms with Gasteiger partial charge in [-0.3, -0.25) is 14.3 Å². The van der Waals surface area contributed by atoms with Gasteiger partial charge in [0.25, 0.3) is 5.56 Å². The molecule has 7 rings (SSSR count). The minimum Gasteiger partial charge on any atom is -0.317 e. The van der Waals surface area contributed by atoms with Crippen molar-refractivity contribution in [2.45, 2.75) is 57.5 Å². The van der Waals surface area contributed by atoms with Crippen LogP contribution in [-0.4, -0.2) is 39.7 Å². The van der Waals surface area contributed by atoms with E-state index in [-0.39, 0.29) is 11.5 Å². The van der Waals surface area contributed by atoms with Crippen molar-refractivity contribution in [2.24, 2.45) is 0 Å². The molecule has 10 nitrogen and oxygen atoms in total. The van der Waals surface area contributed by atoms with Crippen LogP contribution in [-0.2, 0) is 19.5 Å². The molecule has 0 bridgehead atoms. The van der Waals surface area contributed by atoms with Crippen LogP contribution in [0.15, 0.2) is 88.5 Å². The lowest BCUT2D eigenvalue weighted by atomic mass is 9.88. The van der Waals surface area contributed by atoms with Gasteiger partial charge in [0.05, 0.1) is 0 Å². The standard InChI is InChI=1S/C33H32N8O2/c42-32-28-30(35-33(43)40(32)20-19-22-9-3-1-4-10-22)34-31(25-11-5-2-6-12-25)41(28)21-23-15-17-24(18-16-23)26-13-7-8-14-27(26)29-36-38-39-37-29/h1,3-4,7-10,13-18,25H,2,5-6,11-12,19-21H2,(H,35,43)(H,36,37,38,39). The maximum Gasteiger partial charge on any atom is 0.330 e. The zero-order valence-corrected chi connectivity index (χ0v) is 23.7. The molecule has 1 aliphatic rings. The monoisotopic (exact) mass is 572 g/mol. The molecule has 3 aromatic heterocycles. The summed E-state index contributed by atoms with van der Waals surface area (Å²) in [6.45, 7) is 0.781. The predicted molar refractivity (Wildman–Crippen MR) is 165 cm³/mol. The van der Waals surface area contributed by atoms with Crippen molar-refractivity contribution in [3.05, 3.63) is 117 Å². The molecule has 0 spiro atoms. The fourth-order valence-electron chi connectivity index (χ4n) is 6.27. The largest absolute Gasteiger partial charge is 0.330 e. The molecule has 0 unspecified atom stereocenters. The third kappa shape index (κ3) is 5.31. The Morgan fingerprint density at radius 3 is 2.28 bits per heavy atom. The molecule has 1 fully saturated rings. The van der Waals surface area contributed by atoms with Gasteiger partial charge in [0.2, 0.25) is 0 Å². The van der Waals surface area contributed by atoms with Crippen molar-refractivity contribution in [1.82, 2.24) is 39.7 Å². The number of hydrogen-bond donors (Lipinski definition) is 2. The van der Waals surface area contributed by atoms with Crippen molar-refractivity contribution in [2.75, 3.05) is 0 Å². The normalized spacial score (nSPS) is 14.0. The van der Waals surface area contributed by atoms with Crippen LogP contribution in [0.3, 0.4) is 0 Å². The summed E-state index contributed by atoms with van der Waals surface area (Å²) in [5.41, 5.74) is 5.20. The first-order valence-corrected chi connectivity index (χ1v) is 14.9. The molecule has 1 saturated carbocycles. The summed E-state index contributed by atoms with van der Waals surface area (Å²) in [4.78, 5) is 34.8. The number of benzene rings is 3. The molecule has 0 aliphatic heterocycles. The Balaban J connectivity index is 1.26. The molecule has 3 heterocycles. The Morgan fingerprint density at radius 1 is 0.791 bits per heavy atom. The second kappa shape index (κ2) is 11.6. The highest BCUT2D eigenvalue weighted by Gasteiger charge is 2.25. The van der Waals surface area contributed by atoms with E-state index in [1.54, 1.807) is 0 Å². The van der Waals surface area contributed by atoms with Crippen LogP contribution in [0.4, 0.5) is 0 Å². The van der Waals surface area contributed by atoms with Gasteiger partial charge >= 0.3 is 5.69 Å². The summed E-state index contributed by atoms with van der Waals surface area (Å²) >= 11 is 0. The number of hydrogen-bond acceptors (Lipinski definition) is 6. The first kappa shape index (κ1) is 26.8. The SMILES string of the molecule is O=c1[nH]c2nc(C3CCCCC3)n(Cc3ccc(-c4ccccc4-c4nnn[nH]4)cc3)c2c(=O)n1CCc1ccccc1. The van der Waals surface area contributed by atoms with E-state index in [2.05, 4.69) is 49.9 Å². The number of imidazole rings is 1. The van der Waals surface area contributed by atoms with E-state index in [1.807, 2.05) is 59.2 Å². The van der Waals surface area contributed by atoms with Crippen LogP contribution < -0.4 is 11.2 Å². The third-order valence-corrected chi connectivity index (χ3v) is 8.49. The Kier molecular flexibility index (Phi) is 7.24. The lowest BCUT2D eigenvalue weighted by Gasteiger charge is -2.22. The summed E-state index contributed by atoms with van der Waals surface area (Å²) in [5, 5.41) is 14.4. The molecule has 0 atom stereocenters. The summed E-state index contributed by atoms with van der Waals surface area (Å²) in [6, 6.07) is 26.2. The van der Waals surface area contributed by atoms with Crippen molar-refractivity contribution >= 4 is 11.2 Å². The number of H-pyrrole nitrogens is 2. The molecule has 10 heteroatoms. The predicted octanol–water partition coefficient (Wildman–Crippen LogP) is 5.07. The fraction of sp³-hybridized carbons (Fsp3) is 0.273. The number of tetrazole rings is 1. The molecule has 6 aromatic rings. The van der Waals surface area contributed by atoms with E-state index < -0.39 is 5.69 Å². The Labute approximate surface area is 247 Å². The number of aryl methyl sites for hydroxylation is 1. The summed E-state index contributed by atoms with van der Waals surface area (Å²) < 4.78 is 3.36. The van der Waals surface area contributed by atoms with Crippen LogP contribution in [0.2, 0.25) is 0 Å². The summed E-state index contributed by atoms with van der Waals surface area (Å²) in [7, 11) is 0. The van der Waals surface area contributed by atoms with Crippen LogP contribution >= 0.6 is 0 Å². The van der Waals surface area contributed by atoms with Gasteiger partial charge in [0.1, 0.15) is 5.82 Å². The fourth-order valence-corrected chi connectivity index (χ4v) is 6.27. The highest BCUT2D eigenvalue weighted by atomic mass is 16.2. The number of fused-ring (bicyclic) bond motifs is 1. The van der Waals surface area contributed by atoms with Crippen molar-refractivity contribution in [1.29, 1.82) is 0 Å². The topological polar surface area (TPSA) is 127 Å². The highest BCUT2D eigenvalue weighted by Crippen LogP contribution is 2.34. The Morgan fingerprint density at radius 2 is 1.53 bits per heavy atom. The third-order valence-electron chi connectivity index (χ3n) is 8.49. The van der Waals surface area contributed by atoms with Crippen molar-refractivity contribution in [3.63, 3.8) is 0 Å². The zero-order valence-electron chi connectivity index (χ0n) is 23.7. The first-order valence-electron chi connectivity index (χ1n) is 14.9. The molecule has 2 N–H and O–H groups in total. The maximum absolute atomic E-state index is 13.9. The Bertz CT molecular complexity index is 1970. The zero-order chi connectivity index (χ0) is 29.2. The number of aromatic amines is 2. The summed E-state index contributed by atoms with van der Waals surface area (Å²) in [6.07, 6.45) is 6.14. The molecule has 216 valence electrons. The second-order valence-electron chi connectivity index (χ2n) is 11.2. The molecular weight excluding hydrogens is 540 g/mol. The highest BCUT2D eigenvalue weighted by molar-refractivity contribution is 5.80. The lowest BCUT2D eigenvalue weighted by molar-refractivity contribution is 0.420. The van der Waals surface area contributed by atoms with Gasteiger partial charge in [0, 0.05) is 24.6 Å². The number of nitrogens with zero attached hydrogens (tertiary/aromatic N) is 6. The average molecular weight is 573 g/mol. The molecule has 0 saturated heterocycles. The quantitative estimate of drug-likeness (QED) is 0.262. The van der Waals surface area contributed by atoms with E-state index >= 15 is 0 Å². The van der Waals surface area contributed by atoms with Crippen molar-refractivity contribution in [3.8, 4) is 22.5 Å². The smallest absolute Gasteiger partial charge is 0.317 e. The van der Waals surface area contributed by atoms with Crippen LogP contribution in [0.25, 0.3) is 33.7 Å². The minimum atomic E-state index is -0.418. The van der Waals surface area contributed by atoms with Crippen LogP contribution in [0.5, 0.6) is 0 Å². The van der Waals surface area contributed by atoms with Gasteiger partial charge in [-0.05, 0) is 51.9 Å².